The van der Waals surface area contributed by atoms with Crippen molar-refractivity contribution in [3.8, 4) is 23.0 Å². The van der Waals surface area contributed by atoms with Gasteiger partial charge in [-0.1, -0.05) is 36.7 Å². The largest absolute Gasteiger partial charge is 0.496 e. The average Bonchev–Trinajstić information content (AvgIpc) is 3.21. The van der Waals surface area contributed by atoms with E-state index in [9.17, 15) is 19.2 Å². The van der Waals surface area contributed by atoms with Crippen molar-refractivity contribution in [1.29, 1.82) is 0 Å². The van der Waals surface area contributed by atoms with Crippen molar-refractivity contribution in [3.05, 3.63) is 57.8 Å². The first kappa shape index (κ1) is 25.6. The second-order valence-electron chi connectivity index (χ2n) is 9.32. The molecule has 3 atom stereocenters. The molecule has 2 aromatic rings. The molecule has 198 valence electrons. The maximum Gasteiger partial charge on any atom is 0.341 e. The predicted molar refractivity (Wildman–Crippen MR) is 133 cm³/mol. The number of ketones is 2. The molecule has 2 aromatic carbocycles. The van der Waals surface area contributed by atoms with Gasteiger partial charge in [-0.2, -0.15) is 0 Å². The summed E-state index contributed by atoms with van der Waals surface area (Å²) in [4.78, 5) is 52.3. The van der Waals surface area contributed by atoms with Crippen LogP contribution in [0.25, 0.3) is 0 Å². The lowest BCUT2D eigenvalue weighted by Gasteiger charge is -2.41. The van der Waals surface area contributed by atoms with Crippen LogP contribution in [0.2, 0.25) is 5.02 Å². The summed E-state index contributed by atoms with van der Waals surface area (Å²) >= 11 is 6.51. The number of aliphatic carboxylic acids is 1. The van der Waals surface area contributed by atoms with Gasteiger partial charge in [-0.25, -0.2) is 4.79 Å². The molecule has 11 heteroatoms. The molecule has 0 radical (unpaired) electrons. The van der Waals surface area contributed by atoms with E-state index in [-0.39, 0.29) is 57.9 Å². The van der Waals surface area contributed by atoms with Gasteiger partial charge in [0.1, 0.15) is 27.8 Å². The predicted octanol–water partition coefficient (Wildman–Crippen LogP) is 3.30. The summed E-state index contributed by atoms with van der Waals surface area (Å²) in [5.74, 6) is -3.56. The van der Waals surface area contributed by atoms with Gasteiger partial charge < -0.3 is 29.4 Å². The Morgan fingerprint density at radius 3 is 2.50 bits per heavy atom. The average molecular weight is 542 g/mol. The molecular weight excluding hydrogens is 518 g/mol. The number of carboxylic acids is 1. The van der Waals surface area contributed by atoms with Crippen molar-refractivity contribution in [3.63, 3.8) is 0 Å². The van der Waals surface area contributed by atoms with E-state index in [1.807, 2.05) is 0 Å². The number of rotatable bonds is 6. The number of hydrogen-bond donors (Lipinski definition) is 2. The highest BCUT2D eigenvalue weighted by Gasteiger charge is 2.63. The molecule has 0 saturated heterocycles. The monoisotopic (exact) mass is 541 g/mol. The third kappa shape index (κ3) is 3.70. The number of carbonyl (C=O) groups excluding carboxylic acids is 3. The Morgan fingerprint density at radius 2 is 1.82 bits per heavy atom. The quantitative estimate of drug-likeness (QED) is 0.527. The van der Waals surface area contributed by atoms with Crippen LogP contribution >= 0.6 is 11.6 Å². The van der Waals surface area contributed by atoms with Gasteiger partial charge in [-0.05, 0) is 12.5 Å². The van der Waals surface area contributed by atoms with E-state index >= 15 is 0 Å². The third-order valence-corrected chi connectivity index (χ3v) is 7.56. The minimum Gasteiger partial charge on any atom is -0.496 e. The van der Waals surface area contributed by atoms with Crippen LogP contribution in [0.5, 0.6) is 23.0 Å². The molecule has 2 aliphatic heterocycles. The zero-order valence-electron chi connectivity index (χ0n) is 20.8. The summed E-state index contributed by atoms with van der Waals surface area (Å²) in [7, 11) is 2.79. The fraction of sp³-hybridized carbons (Fsp3) is 0.333. The maximum atomic E-state index is 14.4. The van der Waals surface area contributed by atoms with E-state index in [1.54, 1.807) is 31.2 Å². The third-order valence-electron chi connectivity index (χ3n) is 7.20. The van der Waals surface area contributed by atoms with Gasteiger partial charge in [-0.15, -0.1) is 0 Å². The molecule has 1 spiro atoms. The van der Waals surface area contributed by atoms with Crippen LogP contribution in [0.15, 0.2) is 41.6 Å². The van der Waals surface area contributed by atoms with Gasteiger partial charge in [0.25, 0.3) is 0 Å². The van der Waals surface area contributed by atoms with Crippen molar-refractivity contribution < 1.29 is 43.2 Å². The molecule has 1 aliphatic carbocycles. The standard InChI is InChI=1S/C27H24ClNO9/c1-12-8-15-21(14(9-19(30)29-15)13-6-4-5-7-16(13)37-11-20(31)32)25(33)27(12)26(34)22-17(35-2)10-18(36-3)23(28)24(22)38-27/h4-7,10,12,14H,8-9,11H2,1-3H3,(H,29,30)(H,31,32)/t12-,14+,27+/m1/s1. The molecule has 0 bridgehead atoms. The highest BCUT2D eigenvalue weighted by atomic mass is 35.5. The number of para-hydroxylation sites is 1. The van der Waals surface area contributed by atoms with E-state index in [0.717, 1.165) is 0 Å². The molecule has 2 N–H and O–H groups in total. The number of allylic oxidation sites excluding steroid dienone is 1. The van der Waals surface area contributed by atoms with Gasteiger partial charge in [-0.3, -0.25) is 14.4 Å². The minimum atomic E-state index is -1.94. The first-order valence-electron chi connectivity index (χ1n) is 11.8. The van der Waals surface area contributed by atoms with E-state index in [1.165, 1.54) is 20.3 Å². The van der Waals surface area contributed by atoms with Gasteiger partial charge in [0.15, 0.2) is 12.4 Å². The van der Waals surface area contributed by atoms with Crippen LogP contribution in [0, 0.1) is 5.92 Å². The number of Topliss-reactive ketones (excluding diaryl/α,β-unsaturated/α-hetero) is 2. The smallest absolute Gasteiger partial charge is 0.341 e. The number of benzene rings is 2. The molecule has 0 fully saturated rings. The Kier molecular flexibility index (Phi) is 6.30. The number of carbonyl (C=O) groups is 4. The normalized spacial score (nSPS) is 23.9. The molecule has 3 aliphatic rings. The van der Waals surface area contributed by atoms with E-state index < -0.39 is 41.6 Å². The fourth-order valence-electron chi connectivity index (χ4n) is 5.49. The van der Waals surface area contributed by atoms with Crippen molar-refractivity contribution in [2.45, 2.75) is 31.3 Å². The topological polar surface area (TPSA) is 137 Å². The molecule has 38 heavy (non-hydrogen) atoms. The number of methoxy groups -OCH3 is 2. The number of halogens is 1. The van der Waals surface area contributed by atoms with Gasteiger partial charge >= 0.3 is 5.97 Å². The highest BCUT2D eigenvalue weighted by Crippen LogP contribution is 2.55. The Hall–Kier alpha value is -4.05. The molecule has 10 nitrogen and oxygen atoms in total. The van der Waals surface area contributed by atoms with Crippen molar-refractivity contribution in [2.75, 3.05) is 20.8 Å². The summed E-state index contributed by atoms with van der Waals surface area (Å²) < 4.78 is 22.4. The van der Waals surface area contributed by atoms with Crippen molar-refractivity contribution >= 4 is 35.0 Å². The molecule has 1 amide bonds. The second-order valence-corrected chi connectivity index (χ2v) is 9.70. The van der Waals surface area contributed by atoms with Crippen LogP contribution in [-0.2, 0) is 14.4 Å². The summed E-state index contributed by atoms with van der Waals surface area (Å²) in [6.07, 6.45) is 0.0553. The van der Waals surface area contributed by atoms with E-state index in [4.69, 9.17) is 35.7 Å². The molecular formula is C27H24ClNO9. The maximum absolute atomic E-state index is 14.4. The number of fused-ring (bicyclic) bond motifs is 1. The van der Waals surface area contributed by atoms with Crippen molar-refractivity contribution in [2.24, 2.45) is 5.92 Å². The Balaban J connectivity index is 1.64. The Morgan fingerprint density at radius 1 is 1.11 bits per heavy atom. The summed E-state index contributed by atoms with van der Waals surface area (Å²) in [6, 6.07) is 8.06. The molecule has 2 heterocycles. The van der Waals surface area contributed by atoms with Crippen LogP contribution in [0.1, 0.15) is 41.6 Å². The molecule has 0 saturated carbocycles. The fourth-order valence-corrected chi connectivity index (χ4v) is 5.76. The first-order chi connectivity index (χ1) is 18.1. The highest BCUT2D eigenvalue weighted by molar-refractivity contribution is 6.36. The second kappa shape index (κ2) is 9.36. The summed E-state index contributed by atoms with van der Waals surface area (Å²) in [6.45, 7) is 1.09. The first-order valence-corrected chi connectivity index (χ1v) is 12.2. The number of amides is 1. The minimum absolute atomic E-state index is 0.00120. The lowest BCUT2D eigenvalue weighted by atomic mass is 9.66. The zero-order valence-corrected chi connectivity index (χ0v) is 21.5. The van der Waals surface area contributed by atoms with Crippen LogP contribution in [-0.4, -0.2) is 55.0 Å². The van der Waals surface area contributed by atoms with Crippen LogP contribution < -0.4 is 24.3 Å². The van der Waals surface area contributed by atoms with E-state index in [0.29, 0.717) is 11.3 Å². The van der Waals surface area contributed by atoms with Crippen molar-refractivity contribution in [1.82, 2.24) is 5.32 Å². The van der Waals surface area contributed by atoms with Crippen LogP contribution in [0.4, 0.5) is 0 Å². The lowest BCUT2D eigenvalue weighted by molar-refractivity contribution is -0.139. The Bertz CT molecular complexity index is 1430. The lowest BCUT2D eigenvalue weighted by Crippen LogP contribution is -2.59. The number of ether oxygens (including phenoxy) is 4. The number of hydrogen-bond acceptors (Lipinski definition) is 8. The van der Waals surface area contributed by atoms with Gasteiger partial charge in [0, 0.05) is 41.2 Å². The molecule has 0 unspecified atom stereocenters. The zero-order chi connectivity index (χ0) is 27.4. The SMILES string of the molecule is COc1cc(OC)c2c(c1Cl)O[C@@]1(C(=O)C3=C(C[C@H]1C)NC(=O)C[C@H]3c1ccccc1OCC(=O)O)C2=O. The van der Waals surface area contributed by atoms with Crippen LogP contribution in [0.3, 0.4) is 0 Å². The Labute approximate surface area is 222 Å². The molecule has 5 rings (SSSR count). The van der Waals surface area contributed by atoms with E-state index in [2.05, 4.69) is 5.32 Å². The summed E-state index contributed by atoms with van der Waals surface area (Å²) in [5, 5.41) is 11.9. The summed E-state index contributed by atoms with van der Waals surface area (Å²) in [5.41, 5.74) is -0.844. The number of nitrogens with one attached hydrogen (secondary N) is 1. The van der Waals surface area contributed by atoms with Gasteiger partial charge in [0.05, 0.1) is 14.2 Å². The number of carboxylic acid groups (broad SMARTS) is 1. The molecule has 0 aromatic heterocycles. The van der Waals surface area contributed by atoms with Gasteiger partial charge in [0.2, 0.25) is 23.1 Å².